The van der Waals surface area contributed by atoms with Gasteiger partial charge < -0.3 is 10.2 Å². The Labute approximate surface area is 155 Å². The Kier molecular flexibility index (Phi) is 3.79. The molecule has 3 aliphatic rings. The number of amides is 1. The van der Waals surface area contributed by atoms with E-state index in [4.69, 9.17) is 0 Å². The molecule has 3 saturated heterocycles. The number of aromatic nitrogens is 3. The van der Waals surface area contributed by atoms with Crippen molar-refractivity contribution in [1.82, 2.24) is 25.4 Å². The minimum absolute atomic E-state index is 0.0761. The Morgan fingerprint density at radius 1 is 1.35 bits per heavy atom. The van der Waals surface area contributed by atoms with Gasteiger partial charge in [-0.15, -0.1) is 11.3 Å². The molecule has 3 aliphatic heterocycles. The number of carbonyl (C=O) groups is 1. The van der Waals surface area contributed by atoms with Gasteiger partial charge in [-0.2, -0.15) is 5.10 Å². The van der Waals surface area contributed by atoms with Crippen LogP contribution in [-0.2, 0) is 0 Å². The largest absolute Gasteiger partial charge is 0.346 e. The molecule has 134 valence electrons. The molecule has 1 atom stereocenters. The first-order valence-corrected chi connectivity index (χ1v) is 9.99. The molecule has 0 spiro atoms. The van der Waals surface area contributed by atoms with Crippen LogP contribution in [-0.4, -0.2) is 51.7 Å². The molecular weight excluding hydrogens is 346 g/mol. The molecule has 1 amide bonds. The number of hydrogen-bond acceptors (Lipinski definition) is 5. The van der Waals surface area contributed by atoms with Crippen molar-refractivity contribution >= 4 is 28.1 Å². The first-order chi connectivity index (χ1) is 12.7. The molecule has 1 aromatic carbocycles. The van der Waals surface area contributed by atoms with E-state index in [-0.39, 0.29) is 11.9 Å². The first-order valence-electron chi connectivity index (χ1n) is 9.11. The minimum Gasteiger partial charge on any atom is -0.346 e. The van der Waals surface area contributed by atoms with Crippen LogP contribution in [0.5, 0.6) is 0 Å². The van der Waals surface area contributed by atoms with E-state index < -0.39 is 0 Å². The smallest absolute Gasteiger partial charge is 0.272 e. The number of nitrogens with zero attached hydrogens (tertiary/aromatic N) is 3. The van der Waals surface area contributed by atoms with Crippen molar-refractivity contribution in [2.75, 3.05) is 19.6 Å². The summed E-state index contributed by atoms with van der Waals surface area (Å²) in [6, 6.07) is 6.25. The number of H-pyrrole nitrogens is 1. The second-order valence-corrected chi connectivity index (χ2v) is 8.20. The van der Waals surface area contributed by atoms with E-state index in [0.29, 0.717) is 11.6 Å². The number of aromatic amines is 1. The summed E-state index contributed by atoms with van der Waals surface area (Å²) in [5, 5.41) is 14.4. The third-order valence-electron chi connectivity index (χ3n) is 5.62. The van der Waals surface area contributed by atoms with E-state index in [1.165, 1.54) is 25.9 Å². The standard InChI is InChI=1S/C19H21N5OS/c1-11-10-26-19(20-11)13-2-3-14-15(8-13)22-23-17(14)18(25)21-16-9-24-6-4-12(16)5-7-24/h2-3,8,10,12,16H,4-7,9H2,1H3,(H,21,25)(H,22,23). The molecule has 0 saturated carbocycles. The lowest BCUT2D eigenvalue weighted by atomic mass is 9.84. The molecule has 3 fully saturated rings. The Bertz CT molecular complexity index is 969. The predicted octanol–water partition coefficient (Wildman–Crippen LogP) is 2.82. The lowest BCUT2D eigenvalue weighted by Crippen LogP contribution is -2.57. The van der Waals surface area contributed by atoms with E-state index in [0.717, 1.165) is 33.7 Å². The van der Waals surface area contributed by atoms with Crippen LogP contribution in [0.3, 0.4) is 0 Å². The van der Waals surface area contributed by atoms with Crippen molar-refractivity contribution in [3.05, 3.63) is 35.0 Å². The third-order valence-corrected chi connectivity index (χ3v) is 6.63. The van der Waals surface area contributed by atoms with Gasteiger partial charge in [0.05, 0.1) is 5.52 Å². The first kappa shape index (κ1) is 16.0. The van der Waals surface area contributed by atoms with Crippen molar-refractivity contribution in [2.45, 2.75) is 25.8 Å². The molecule has 2 N–H and O–H groups in total. The molecule has 3 aromatic rings. The van der Waals surface area contributed by atoms with Crippen LogP contribution in [0.2, 0.25) is 0 Å². The van der Waals surface area contributed by atoms with E-state index >= 15 is 0 Å². The maximum absolute atomic E-state index is 12.8. The molecule has 26 heavy (non-hydrogen) atoms. The highest BCUT2D eigenvalue weighted by Crippen LogP contribution is 2.29. The van der Waals surface area contributed by atoms with Gasteiger partial charge in [0.25, 0.3) is 5.91 Å². The number of hydrogen-bond donors (Lipinski definition) is 2. The Balaban J connectivity index is 1.39. The number of thiazole rings is 1. The van der Waals surface area contributed by atoms with Crippen LogP contribution in [0.4, 0.5) is 0 Å². The van der Waals surface area contributed by atoms with Crippen LogP contribution in [0, 0.1) is 12.8 Å². The summed E-state index contributed by atoms with van der Waals surface area (Å²) in [5.74, 6) is 0.529. The quantitative estimate of drug-likeness (QED) is 0.747. The summed E-state index contributed by atoms with van der Waals surface area (Å²) in [7, 11) is 0. The van der Waals surface area contributed by atoms with Crippen LogP contribution in [0.1, 0.15) is 29.0 Å². The van der Waals surface area contributed by atoms with Crippen molar-refractivity contribution < 1.29 is 4.79 Å². The lowest BCUT2D eigenvalue weighted by Gasteiger charge is -2.44. The second kappa shape index (κ2) is 6.17. The normalized spacial score (nSPS) is 24.9. The fourth-order valence-corrected chi connectivity index (χ4v) is 4.97. The van der Waals surface area contributed by atoms with Gasteiger partial charge in [-0.1, -0.05) is 6.07 Å². The third kappa shape index (κ3) is 2.71. The number of rotatable bonds is 3. The lowest BCUT2D eigenvalue weighted by molar-refractivity contribution is 0.0618. The SMILES string of the molecule is Cc1csc(-c2ccc3c(C(=O)NC4CN5CCC4CC5)n[nH]c3c2)n1. The number of benzene rings is 1. The molecule has 1 unspecified atom stereocenters. The summed E-state index contributed by atoms with van der Waals surface area (Å²) in [6.45, 7) is 5.29. The minimum atomic E-state index is -0.0761. The molecule has 0 aliphatic carbocycles. The topological polar surface area (TPSA) is 73.9 Å². The highest BCUT2D eigenvalue weighted by Gasteiger charge is 2.35. The fourth-order valence-electron chi connectivity index (χ4n) is 4.18. The average Bonchev–Trinajstić information content (AvgIpc) is 3.28. The van der Waals surface area contributed by atoms with E-state index in [1.54, 1.807) is 11.3 Å². The summed E-state index contributed by atoms with van der Waals surface area (Å²) in [5.41, 5.74) is 3.42. The highest BCUT2D eigenvalue weighted by atomic mass is 32.1. The zero-order valence-electron chi connectivity index (χ0n) is 14.7. The number of fused-ring (bicyclic) bond motifs is 4. The van der Waals surface area contributed by atoms with Gasteiger partial charge in [0.15, 0.2) is 5.69 Å². The molecule has 2 bridgehead atoms. The van der Waals surface area contributed by atoms with Crippen molar-refractivity contribution in [3.63, 3.8) is 0 Å². The highest BCUT2D eigenvalue weighted by molar-refractivity contribution is 7.13. The van der Waals surface area contributed by atoms with Crippen molar-refractivity contribution in [2.24, 2.45) is 5.92 Å². The zero-order chi connectivity index (χ0) is 17.7. The molecular formula is C19H21N5OS. The molecule has 5 heterocycles. The molecule has 7 heteroatoms. The van der Waals surface area contributed by atoms with Gasteiger partial charge in [-0.25, -0.2) is 4.98 Å². The van der Waals surface area contributed by atoms with Crippen LogP contribution in [0.15, 0.2) is 23.6 Å². The summed E-state index contributed by atoms with van der Waals surface area (Å²) in [6.07, 6.45) is 2.37. The summed E-state index contributed by atoms with van der Waals surface area (Å²) in [4.78, 5) is 19.8. The number of piperidine rings is 3. The number of nitrogens with one attached hydrogen (secondary N) is 2. The van der Waals surface area contributed by atoms with Gasteiger partial charge in [-0.3, -0.25) is 9.89 Å². The zero-order valence-corrected chi connectivity index (χ0v) is 15.5. The van der Waals surface area contributed by atoms with Crippen molar-refractivity contribution in [1.29, 1.82) is 0 Å². The average molecular weight is 367 g/mol. The number of carbonyl (C=O) groups excluding carboxylic acids is 1. The monoisotopic (exact) mass is 367 g/mol. The van der Waals surface area contributed by atoms with Gasteiger partial charge in [0, 0.05) is 34.6 Å². The Morgan fingerprint density at radius 3 is 2.88 bits per heavy atom. The van der Waals surface area contributed by atoms with E-state index in [2.05, 4.69) is 25.4 Å². The Hall–Kier alpha value is -2.25. The van der Waals surface area contributed by atoms with Crippen LogP contribution >= 0.6 is 11.3 Å². The van der Waals surface area contributed by atoms with Crippen LogP contribution in [0.25, 0.3) is 21.5 Å². The fraction of sp³-hybridized carbons (Fsp3) is 0.421. The van der Waals surface area contributed by atoms with Gasteiger partial charge >= 0.3 is 0 Å². The molecule has 6 nitrogen and oxygen atoms in total. The van der Waals surface area contributed by atoms with E-state index in [1.807, 2.05) is 30.5 Å². The summed E-state index contributed by atoms with van der Waals surface area (Å²) < 4.78 is 0. The summed E-state index contributed by atoms with van der Waals surface area (Å²) >= 11 is 1.63. The number of aryl methyl sites for hydroxylation is 1. The maximum Gasteiger partial charge on any atom is 0.272 e. The second-order valence-electron chi connectivity index (χ2n) is 7.34. The van der Waals surface area contributed by atoms with Gasteiger partial charge in [-0.05, 0) is 50.9 Å². The van der Waals surface area contributed by atoms with Gasteiger partial charge in [0.1, 0.15) is 5.01 Å². The van der Waals surface area contributed by atoms with E-state index in [9.17, 15) is 4.79 Å². The predicted molar refractivity (Wildman–Crippen MR) is 102 cm³/mol. The van der Waals surface area contributed by atoms with Crippen LogP contribution < -0.4 is 5.32 Å². The molecule has 0 radical (unpaired) electrons. The van der Waals surface area contributed by atoms with Crippen molar-refractivity contribution in [3.8, 4) is 10.6 Å². The molecule has 2 aromatic heterocycles. The maximum atomic E-state index is 12.8. The molecule has 6 rings (SSSR count). The Morgan fingerprint density at radius 2 is 2.19 bits per heavy atom. The van der Waals surface area contributed by atoms with Gasteiger partial charge in [0.2, 0.25) is 0 Å².